The molecule has 2 aromatic rings. The van der Waals surface area contributed by atoms with Crippen molar-refractivity contribution in [2.45, 2.75) is 46.1 Å². The van der Waals surface area contributed by atoms with Crippen LogP contribution in [-0.4, -0.2) is 44.4 Å². The largest absolute Gasteiger partial charge is 0.493 e. The topological polar surface area (TPSA) is 76.0 Å². The van der Waals surface area contributed by atoms with Gasteiger partial charge in [-0.15, -0.1) is 0 Å². The number of carbonyl (C=O) groups excluding carboxylic acids is 2. The molecule has 7 nitrogen and oxygen atoms in total. The van der Waals surface area contributed by atoms with Gasteiger partial charge in [0, 0.05) is 22.9 Å². The second-order valence-corrected chi connectivity index (χ2v) is 7.47. The predicted octanol–water partition coefficient (Wildman–Crippen LogP) is 4.02. The molecule has 3 rings (SSSR count). The van der Waals surface area contributed by atoms with Gasteiger partial charge in [0.15, 0.2) is 17.3 Å². The highest BCUT2D eigenvalue weighted by Crippen LogP contribution is 2.47. The second-order valence-electron chi connectivity index (χ2n) is 7.47. The molecule has 1 unspecified atom stereocenters. The van der Waals surface area contributed by atoms with Crippen molar-refractivity contribution in [3.8, 4) is 22.8 Å². The Bertz CT molecular complexity index is 1030. The summed E-state index contributed by atoms with van der Waals surface area (Å²) in [6.45, 7) is 5.73. The molecule has 1 aromatic heterocycles. The molecule has 0 aliphatic carbocycles. The standard InChI is InChI=1S/C23H28FNO6/c1-7-31-23(27)19-13(3)16(8-9-18(26)29-5)25-12(2)10-14-15(21(19)25)11-17(28-4)22(30-6)20(14)24/h11-12H,7-10H2,1-6H3. The highest BCUT2D eigenvalue weighted by Gasteiger charge is 2.36. The van der Waals surface area contributed by atoms with Crippen LogP contribution in [0.2, 0.25) is 0 Å². The molecule has 1 aliphatic rings. The molecule has 0 amide bonds. The van der Waals surface area contributed by atoms with Crippen LogP contribution < -0.4 is 9.47 Å². The van der Waals surface area contributed by atoms with Crippen molar-refractivity contribution < 1.29 is 32.9 Å². The minimum atomic E-state index is -0.500. The summed E-state index contributed by atoms with van der Waals surface area (Å²) in [5.41, 5.74) is 3.51. The maximum atomic E-state index is 15.4. The van der Waals surface area contributed by atoms with Gasteiger partial charge in [0.2, 0.25) is 0 Å². The zero-order valence-electron chi connectivity index (χ0n) is 18.8. The molecule has 8 heteroatoms. The Morgan fingerprint density at radius 3 is 2.52 bits per heavy atom. The Balaban J connectivity index is 2.32. The van der Waals surface area contributed by atoms with E-state index >= 15 is 4.39 Å². The Hall–Kier alpha value is -3.03. The zero-order valence-corrected chi connectivity index (χ0v) is 18.8. The molecule has 168 valence electrons. The number of aromatic nitrogens is 1. The quantitative estimate of drug-likeness (QED) is 0.614. The molecule has 31 heavy (non-hydrogen) atoms. The molecule has 1 atom stereocenters. The van der Waals surface area contributed by atoms with E-state index in [0.717, 1.165) is 5.69 Å². The van der Waals surface area contributed by atoms with Gasteiger partial charge in [0.25, 0.3) is 0 Å². The molecule has 0 bridgehead atoms. The van der Waals surface area contributed by atoms with Gasteiger partial charge in [-0.1, -0.05) is 0 Å². The van der Waals surface area contributed by atoms with Crippen molar-refractivity contribution in [1.29, 1.82) is 0 Å². The van der Waals surface area contributed by atoms with Gasteiger partial charge in [-0.05, 0) is 45.2 Å². The van der Waals surface area contributed by atoms with E-state index in [-0.39, 0.29) is 36.5 Å². The fourth-order valence-corrected chi connectivity index (χ4v) is 4.38. The van der Waals surface area contributed by atoms with Gasteiger partial charge in [0.1, 0.15) is 0 Å². The van der Waals surface area contributed by atoms with E-state index in [1.165, 1.54) is 21.3 Å². The summed E-state index contributed by atoms with van der Waals surface area (Å²) < 4.78 is 38.1. The first-order valence-electron chi connectivity index (χ1n) is 10.2. The monoisotopic (exact) mass is 433 g/mol. The van der Waals surface area contributed by atoms with E-state index in [0.29, 0.717) is 40.8 Å². The van der Waals surface area contributed by atoms with Gasteiger partial charge in [-0.2, -0.15) is 0 Å². The summed E-state index contributed by atoms with van der Waals surface area (Å²) >= 11 is 0. The first-order valence-corrected chi connectivity index (χ1v) is 10.2. The molecular formula is C23H28FNO6. The van der Waals surface area contributed by atoms with Crippen LogP contribution in [-0.2, 0) is 27.1 Å². The fourth-order valence-electron chi connectivity index (χ4n) is 4.38. The van der Waals surface area contributed by atoms with E-state index in [1.807, 2.05) is 18.4 Å². The van der Waals surface area contributed by atoms with Crippen LogP contribution in [0.4, 0.5) is 4.39 Å². The van der Waals surface area contributed by atoms with E-state index < -0.39 is 11.8 Å². The molecule has 0 radical (unpaired) electrons. The van der Waals surface area contributed by atoms with E-state index in [1.54, 1.807) is 13.0 Å². The molecule has 2 heterocycles. The van der Waals surface area contributed by atoms with Crippen LogP contribution in [0.3, 0.4) is 0 Å². The van der Waals surface area contributed by atoms with Crippen LogP contribution in [0, 0.1) is 12.7 Å². The Labute approximate surface area is 181 Å². The summed E-state index contributed by atoms with van der Waals surface area (Å²) in [5, 5.41) is 0. The third kappa shape index (κ3) is 3.75. The van der Waals surface area contributed by atoms with Crippen molar-refractivity contribution in [2.24, 2.45) is 0 Å². The number of fused-ring (bicyclic) bond motifs is 3. The number of hydrogen-bond donors (Lipinski definition) is 0. The lowest BCUT2D eigenvalue weighted by atomic mass is 9.91. The Morgan fingerprint density at radius 1 is 1.23 bits per heavy atom. The average Bonchev–Trinajstić information content (AvgIpc) is 3.05. The average molecular weight is 433 g/mol. The summed E-state index contributed by atoms with van der Waals surface area (Å²) in [5.74, 6) is -1.05. The zero-order chi connectivity index (χ0) is 22.9. The highest BCUT2D eigenvalue weighted by molar-refractivity contribution is 6.00. The van der Waals surface area contributed by atoms with Crippen LogP contribution >= 0.6 is 0 Å². The fraction of sp³-hybridized carbons (Fsp3) is 0.478. The number of rotatable bonds is 7. The van der Waals surface area contributed by atoms with Crippen molar-refractivity contribution >= 4 is 11.9 Å². The summed E-state index contributed by atoms with van der Waals surface area (Å²) in [6, 6.07) is 1.55. The first kappa shape index (κ1) is 22.7. The molecular weight excluding hydrogens is 405 g/mol. The number of halogens is 1. The third-order valence-electron chi connectivity index (χ3n) is 5.76. The molecule has 1 aliphatic heterocycles. The third-order valence-corrected chi connectivity index (χ3v) is 5.76. The van der Waals surface area contributed by atoms with Crippen LogP contribution in [0.15, 0.2) is 6.07 Å². The lowest BCUT2D eigenvalue weighted by Gasteiger charge is -2.29. The summed E-state index contributed by atoms with van der Waals surface area (Å²) in [4.78, 5) is 24.7. The van der Waals surface area contributed by atoms with Crippen LogP contribution in [0.1, 0.15) is 53.5 Å². The number of benzene rings is 1. The molecule has 0 saturated heterocycles. The number of hydrogen-bond acceptors (Lipinski definition) is 6. The van der Waals surface area contributed by atoms with Gasteiger partial charge in [-0.25, -0.2) is 9.18 Å². The minimum absolute atomic E-state index is 0.0359. The SMILES string of the molecule is CCOC(=O)c1c(C)c(CCC(=O)OC)n2c1-c1cc(OC)c(OC)c(F)c1CC2C. The van der Waals surface area contributed by atoms with E-state index in [4.69, 9.17) is 18.9 Å². The molecule has 0 spiro atoms. The number of methoxy groups -OCH3 is 3. The van der Waals surface area contributed by atoms with Gasteiger partial charge in [-0.3, -0.25) is 4.79 Å². The Kier molecular flexibility index (Phi) is 6.57. The number of nitrogens with zero attached hydrogens (tertiary/aromatic N) is 1. The first-order chi connectivity index (χ1) is 14.8. The maximum absolute atomic E-state index is 15.4. The number of esters is 2. The van der Waals surface area contributed by atoms with Gasteiger partial charge in [0.05, 0.1) is 45.6 Å². The maximum Gasteiger partial charge on any atom is 0.340 e. The van der Waals surface area contributed by atoms with Crippen molar-refractivity contribution in [3.63, 3.8) is 0 Å². The summed E-state index contributed by atoms with van der Waals surface area (Å²) in [7, 11) is 4.17. The van der Waals surface area contributed by atoms with Crippen molar-refractivity contribution in [2.75, 3.05) is 27.9 Å². The molecule has 0 saturated carbocycles. The normalized spacial score (nSPS) is 14.5. The highest BCUT2D eigenvalue weighted by atomic mass is 19.1. The molecule has 1 aromatic carbocycles. The number of ether oxygens (including phenoxy) is 4. The smallest absolute Gasteiger partial charge is 0.340 e. The second kappa shape index (κ2) is 8.99. The lowest BCUT2D eigenvalue weighted by Crippen LogP contribution is -2.21. The van der Waals surface area contributed by atoms with Gasteiger partial charge < -0.3 is 23.5 Å². The minimum Gasteiger partial charge on any atom is -0.493 e. The Morgan fingerprint density at radius 2 is 1.94 bits per heavy atom. The van der Waals surface area contributed by atoms with Gasteiger partial charge >= 0.3 is 11.9 Å². The van der Waals surface area contributed by atoms with Crippen LogP contribution in [0.5, 0.6) is 11.5 Å². The van der Waals surface area contributed by atoms with Crippen molar-refractivity contribution in [1.82, 2.24) is 4.57 Å². The predicted molar refractivity (Wildman–Crippen MR) is 112 cm³/mol. The van der Waals surface area contributed by atoms with Crippen LogP contribution in [0.25, 0.3) is 11.3 Å². The molecule has 0 fully saturated rings. The van der Waals surface area contributed by atoms with E-state index in [9.17, 15) is 9.59 Å². The van der Waals surface area contributed by atoms with Crippen molar-refractivity contribution in [3.05, 3.63) is 34.3 Å². The number of carbonyl (C=O) groups is 2. The van der Waals surface area contributed by atoms with E-state index in [2.05, 4.69) is 0 Å². The lowest BCUT2D eigenvalue weighted by molar-refractivity contribution is -0.140. The molecule has 0 N–H and O–H groups in total. The summed E-state index contributed by atoms with van der Waals surface area (Å²) in [6.07, 6.45) is 0.958.